The third-order valence-electron chi connectivity index (χ3n) is 3.01. The Bertz CT molecular complexity index is 225. The van der Waals surface area contributed by atoms with Crippen molar-refractivity contribution in [3.05, 3.63) is 0 Å². The van der Waals surface area contributed by atoms with Crippen molar-refractivity contribution in [2.45, 2.75) is 58.3 Å². The van der Waals surface area contributed by atoms with Crippen LogP contribution in [0.15, 0.2) is 0 Å². The first kappa shape index (κ1) is 11.3. The molecule has 1 fully saturated rings. The fourth-order valence-electron chi connectivity index (χ4n) is 2.12. The molecule has 1 rings (SSSR count). The molecular formula is C13H20O. The molecular weight excluding hydrogens is 172 g/mol. The second-order valence-corrected chi connectivity index (χ2v) is 4.15. The van der Waals surface area contributed by atoms with Crippen LogP contribution in [-0.4, -0.2) is 5.78 Å². The lowest BCUT2D eigenvalue weighted by Crippen LogP contribution is -2.01. The third-order valence-corrected chi connectivity index (χ3v) is 3.01. The van der Waals surface area contributed by atoms with Gasteiger partial charge in [0.05, 0.1) is 0 Å². The summed E-state index contributed by atoms with van der Waals surface area (Å²) in [4.78, 5) is 11.4. The van der Waals surface area contributed by atoms with Gasteiger partial charge in [0.25, 0.3) is 0 Å². The minimum Gasteiger partial charge on any atom is -0.300 e. The van der Waals surface area contributed by atoms with Gasteiger partial charge in [0.1, 0.15) is 5.78 Å². The van der Waals surface area contributed by atoms with Crippen molar-refractivity contribution in [3.8, 4) is 11.8 Å². The minimum absolute atomic E-state index is 0.402. The largest absolute Gasteiger partial charge is 0.300 e. The van der Waals surface area contributed by atoms with Crippen LogP contribution in [0.5, 0.6) is 0 Å². The summed E-state index contributed by atoms with van der Waals surface area (Å²) in [6.45, 7) is 1.82. The molecule has 0 aliphatic heterocycles. The van der Waals surface area contributed by atoms with Gasteiger partial charge in [-0.15, -0.1) is 11.8 Å². The molecule has 0 N–H and O–H groups in total. The molecule has 1 heteroatoms. The highest BCUT2D eigenvalue weighted by atomic mass is 16.1. The van der Waals surface area contributed by atoms with Crippen LogP contribution < -0.4 is 0 Å². The van der Waals surface area contributed by atoms with E-state index in [1.54, 1.807) is 0 Å². The van der Waals surface area contributed by atoms with Crippen molar-refractivity contribution < 1.29 is 4.79 Å². The number of rotatable bonds is 5. The fourth-order valence-corrected chi connectivity index (χ4v) is 2.12. The molecule has 1 aliphatic carbocycles. The van der Waals surface area contributed by atoms with E-state index >= 15 is 0 Å². The molecule has 0 bridgehead atoms. The summed E-state index contributed by atoms with van der Waals surface area (Å²) in [5.41, 5.74) is 0. The summed E-state index contributed by atoms with van der Waals surface area (Å²) >= 11 is 0. The van der Waals surface area contributed by atoms with E-state index in [4.69, 9.17) is 0 Å². The van der Waals surface area contributed by atoms with Crippen LogP contribution in [-0.2, 0) is 4.79 Å². The topological polar surface area (TPSA) is 17.1 Å². The molecule has 0 saturated heterocycles. The maximum atomic E-state index is 11.4. The van der Waals surface area contributed by atoms with E-state index in [0.717, 1.165) is 25.2 Å². The number of Topliss-reactive ketones (excluding diaryl/α,β-unsaturated/α-hetero) is 1. The summed E-state index contributed by atoms with van der Waals surface area (Å²) in [6, 6.07) is 0. The third kappa shape index (κ3) is 4.46. The maximum Gasteiger partial charge on any atom is 0.133 e. The molecule has 0 heterocycles. The molecule has 0 aromatic heterocycles. The van der Waals surface area contributed by atoms with E-state index in [9.17, 15) is 4.79 Å². The van der Waals surface area contributed by atoms with Crippen LogP contribution in [0.25, 0.3) is 0 Å². The summed E-state index contributed by atoms with van der Waals surface area (Å²) in [5.74, 6) is 7.00. The Labute approximate surface area is 87.3 Å². The van der Waals surface area contributed by atoms with Gasteiger partial charge in [-0.3, -0.25) is 4.79 Å². The quantitative estimate of drug-likeness (QED) is 0.611. The zero-order chi connectivity index (χ0) is 10.2. The van der Waals surface area contributed by atoms with Gasteiger partial charge in [-0.25, -0.2) is 0 Å². The number of carbonyl (C=O) groups excluding carboxylic acids is 1. The van der Waals surface area contributed by atoms with Gasteiger partial charge >= 0.3 is 0 Å². The molecule has 0 aromatic carbocycles. The van der Waals surface area contributed by atoms with E-state index in [0.29, 0.717) is 12.2 Å². The normalized spacial score (nSPS) is 16.4. The highest BCUT2D eigenvalue weighted by Crippen LogP contribution is 2.28. The van der Waals surface area contributed by atoms with Gasteiger partial charge < -0.3 is 0 Å². The maximum absolute atomic E-state index is 11.4. The van der Waals surface area contributed by atoms with E-state index in [1.165, 1.54) is 25.7 Å². The Hall–Kier alpha value is -0.770. The summed E-state index contributed by atoms with van der Waals surface area (Å²) in [6.07, 6.45) is 8.77. The molecule has 14 heavy (non-hydrogen) atoms. The first-order valence-electron chi connectivity index (χ1n) is 5.74. The number of hydrogen-bond acceptors (Lipinski definition) is 1. The second-order valence-electron chi connectivity index (χ2n) is 4.15. The lowest BCUT2D eigenvalue weighted by Gasteiger charge is -2.06. The van der Waals surface area contributed by atoms with Gasteiger partial charge in [0.15, 0.2) is 0 Å². The number of carbonyl (C=O) groups is 1. The SMILES string of the molecule is CC#CCCC(=O)CCC1CCCC1. The smallest absolute Gasteiger partial charge is 0.133 e. The summed E-state index contributed by atoms with van der Waals surface area (Å²) in [7, 11) is 0. The minimum atomic E-state index is 0.402. The van der Waals surface area contributed by atoms with Gasteiger partial charge in [-0.05, 0) is 19.3 Å². The van der Waals surface area contributed by atoms with Crippen molar-refractivity contribution in [1.82, 2.24) is 0 Å². The first-order chi connectivity index (χ1) is 6.83. The first-order valence-corrected chi connectivity index (χ1v) is 5.74. The van der Waals surface area contributed by atoms with E-state index in [1.807, 2.05) is 6.92 Å². The molecule has 0 atom stereocenters. The lowest BCUT2D eigenvalue weighted by atomic mass is 9.99. The van der Waals surface area contributed by atoms with Crippen molar-refractivity contribution in [3.63, 3.8) is 0 Å². The predicted molar refractivity (Wildman–Crippen MR) is 58.9 cm³/mol. The monoisotopic (exact) mass is 192 g/mol. The lowest BCUT2D eigenvalue weighted by molar-refractivity contribution is -0.119. The van der Waals surface area contributed by atoms with Crippen molar-refractivity contribution in [2.24, 2.45) is 5.92 Å². The van der Waals surface area contributed by atoms with Crippen LogP contribution in [0.4, 0.5) is 0 Å². The van der Waals surface area contributed by atoms with Gasteiger partial charge in [-0.2, -0.15) is 0 Å². The van der Waals surface area contributed by atoms with Crippen molar-refractivity contribution in [2.75, 3.05) is 0 Å². The molecule has 78 valence electrons. The molecule has 1 aliphatic rings. The Morgan fingerprint density at radius 1 is 1.29 bits per heavy atom. The zero-order valence-corrected chi connectivity index (χ0v) is 9.14. The van der Waals surface area contributed by atoms with Gasteiger partial charge in [-0.1, -0.05) is 25.7 Å². The predicted octanol–water partition coefficient (Wildman–Crippen LogP) is 3.33. The van der Waals surface area contributed by atoms with E-state index in [2.05, 4.69) is 11.8 Å². The van der Waals surface area contributed by atoms with E-state index < -0.39 is 0 Å². The molecule has 0 radical (unpaired) electrons. The van der Waals surface area contributed by atoms with Crippen LogP contribution in [0.3, 0.4) is 0 Å². The summed E-state index contributed by atoms with van der Waals surface area (Å²) < 4.78 is 0. The average molecular weight is 192 g/mol. The van der Waals surface area contributed by atoms with Gasteiger partial charge in [0, 0.05) is 19.3 Å². The highest BCUT2D eigenvalue weighted by molar-refractivity contribution is 5.78. The second kappa shape index (κ2) is 6.65. The van der Waals surface area contributed by atoms with Crippen LogP contribution in [0.1, 0.15) is 58.3 Å². The van der Waals surface area contributed by atoms with Crippen LogP contribution in [0.2, 0.25) is 0 Å². The summed E-state index contributed by atoms with van der Waals surface area (Å²) in [5, 5.41) is 0. The highest BCUT2D eigenvalue weighted by Gasteiger charge is 2.15. The Balaban J connectivity index is 2.04. The van der Waals surface area contributed by atoms with Crippen molar-refractivity contribution in [1.29, 1.82) is 0 Å². The Morgan fingerprint density at radius 3 is 2.64 bits per heavy atom. The number of hydrogen-bond donors (Lipinski definition) is 0. The van der Waals surface area contributed by atoms with Crippen LogP contribution in [0, 0.1) is 17.8 Å². The number of ketones is 1. The molecule has 0 aromatic rings. The zero-order valence-electron chi connectivity index (χ0n) is 9.14. The molecule has 1 nitrogen and oxygen atoms in total. The van der Waals surface area contributed by atoms with E-state index in [-0.39, 0.29) is 0 Å². The Kier molecular flexibility index (Phi) is 5.37. The Morgan fingerprint density at radius 2 is 2.00 bits per heavy atom. The molecule has 1 saturated carbocycles. The van der Waals surface area contributed by atoms with Gasteiger partial charge in [0.2, 0.25) is 0 Å². The molecule has 0 unspecified atom stereocenters. The fraction of sp³-hybridized carbons (Fsp3) is 0.769. The standard InChI is InChI=1S/C13H20O/c1-2-3-4-9-13(14)11-10-12-7-5-6-8-12/h12H,4-11H2,1H3. The molecule has 0 amide bonds. The molecule has 0 spiro atoms. The van der Waals surface area contributed by atoms with Crippen LogP contribution >= 0.6 is 0 Å². The van der Waals surface area contributed by atoms with Crippen molar-refractivity contribution >= 4 is 5.78 Å². The average Bonchev–Trinajstić information content (AvgIpc) is 2.68.